The minimum absolute atomic E-state index is 0.0128. The Morgan fingerprint density at radius 1 is 1.03 bits per heavy atom. The highest BCUT2D eigenvalue weighted by Crippen LogP contribution is 2.28. The normalized spacial score (nSPS) is 11.5. The van der Waals surface area contributed by atoms with E-state index in [0.29, 0.717) is 22.3 Å². The summed E-state index contributed by atoms with van der Waals surface area (Å²) in [6.45, 7) is 7.87. The average Bonchev–Trinajstić information content (AvgIpc) is 3.18. The van der Waals surface area contributed by atoms with E-state index in [2.05, 4.69) is 34.1 Å². The molecular weight excluding hydrogens is 432 g/mol. The molecule has 0 saturated carbocycles. The van der Waals surface area contributed by atoms with Gasteiger partial charge in [-0.1, -0.05) is 48.9 Å². The van der Waals surface area contributed by atoms with Gasteiger partial charge < -0.3 is 0 Å². The van der Waals surface area contributed by atoms with Crippen LogP contribution >= 0.6 is 11.3 Å². The summed E-state index contributed by atoms with van der Waals surface area (Å²) in [6, 6.07) is 11.5. The summed E-state index contributed by atoms with van der Waals surface area (Å²) in [5.41, 5.74) is 2.42. The van der Waals surface area contributed by atoms with Gasteiger partial charge in [0.25, 0.3) is 15.9 Å². The zero-order valence-corrected chi connectivity index (χ0v) is 19.6. The summed E-state index contributed by atoms with van der Waals surface area (Å²) >= 11 is 1.35. The number of carbonyl (C=O) groups excluding carboxylic acids is 1. The van der Waals surface area contributed by atoms with Crippen LogP contribution in [0.1, 0.15) is 59.1 Å². The van der Waals surface area contributed by atoms with Crippen molar-refractivity contribution >= 4 is 38.1 Å². The second kappa shape index (κ2) is 9.57. The number of anilines is 2. The minimum atomic E-state index is -3.84. The zero-order chi connectivity index (χ0) is 22.6. The van der Waals surface area contributed by atoms with Crippen molar-refractivity contribution < 1.29 is 13.2 Å². The number of nitrogens with one attached hydrogen (secondary N) is 2. The number of hydrogen-bond donors (Lipinski definition) is 2. The van der Waals surface area contributed by atoms with Gasteiger partial charge in [-0.2, -0.15) is 0 Å². The van der Waals surface area contributed by atoms with Crippen LogP contribution in [0, 0.1) is 13.8 Å². The predicted octanol–water partition coefficient (Wildman–Crippen LogP) is 5.11. The molecule has 2 N–H and O–H groups in total. The molecular formula is C22H26N4O3S2. The Labute approximate surface area is 187 Å². The van der Waals surface area contributed by atoms with Crippen molar-refractivity contribution in [3.05, 3.63) is 64.2 Å². The van der Waals surface area contributed by atoms with Gasteiger partial charge in [-0.15, -0.1) is 10.2 Å². The molecule has 0 aliphatic rings. The van der Waals surface area contributed by atoms with E-state index in [-0.39, 0.29) is 10.5 Å². The Morgan fingerprint density at radius 2 is 1.71 bits per heavy atom. The molecule has 164 valence electrons. The van der Waals surface area contributed by atoms with E-state index in [4.69, 9.17) is 0 Å². The van der Waals surface area contributed by atoms with Gasteiger partial charge in [0.2, 0.25) is 5.13 Å². The highest BCUT2D eigenvalue weighted by atomic mass is 32.2. The van der Waals surface area contributed by atoms with Crippen molar-refractivity contribution in [3.63, 3.8) is 0 Å². The summed E-state index contributed by atoms with van der Waals surface area (Å²) in [5, 5.41) is 12.3. The zero-order valence-electron chi connectivity index (χ0n) is 18.0. The third-order valence-electron chi connectivity index (χ3n) is 5.06. The summed E-state index contributed by atoms with van der Waals surface area (Å²) in [4.78, 5) is 12.9. The lowest BCUT2D eigenvalue weighted by Crippen LogP contribution is -2.17. The lowest BCUT2D eigenvalue weighted by atomic mass is 10.1. The molecule has 0 fully saturated rings. The molecule has 1 amide bonds. The molecule has 7 nitrogen and oxygen atoms in total. The third-order valence-corrected chi connectivity index (χ3v) is 7.44. The molecule has 9 heteroatoms. The molecule has 0 aliphatic heterocycles. The number of aromatic nitrogens is 2. The monoisotopic (exact) mass is 458 g/mol. The van der Waals surface area contributed by atoms with E-state index < -0.39 is 15.9 Å². The number of rotatable bonds is 8. The fourth-order valence-corrected chi connectivity index (χ4v) is 5.19. The highest BCUT2D eigenvalue weighted by Gasteiger charge is 2.20. The van der Waals surface area contributed by atoms with Crippen LogP contribution in [-0.2, 0) is 10.0 Å². The lowest BCUT2D eigenvalue weighted by molar-refractivity contribution is 0.102. The second-order valence-electron chi connectivity index (χ2n) is 7.36. The molecule has 0 aliphatic carbocycles. The Morgan fingerprint density at radius 3 is 2.35 bits per heavy atom. The maximum absolute atomic E-state index is 12.8. The van der Waals surface area contributed by atoms with E-state index >= 15 is 0 Å². The summed E-state index contributed by atoms with van der Waals surface area (Å²) in [5.74, 6) is -0.108. The van der Waals surface area contributed by atoms with Gasteiger partial charge in [0, 0.05) is 17.2 Å². The predicted molar refractivity (Wildman–Crippen MR) is 124 cm³/mol. The molecule has 0 saturated heterocycles. The fourth-order valence-electron chi connectivity index (χ4n) is 3.10. The Kier molecular flexibility index (Phi) is 7.07. The number of hydrogen-bond acceptors (Lipinski definition) is 6. The van der Waals surface area contributed by atoms with Gasteiger partial charge in [0.15, 0.2) is 0 Å². The lowest BCUT2D eigenvalue weighted by Gasteiger charge is -2.11. The minimum Gasteiger partial charge on any atom is -0.296 e. The van der Waals surface area contributed by atoms with E-state index in [0.717, 1.165) is 23.4 Å². The Balaban J connectivity index is 1.81. The van der Waals surface area contributed by atoms with E-state index in [1.807, 2.05) is 19.1 Å². The molecule has 3 rings (SSSR count). The molecule has 2 aromatic carbocycles. The average molecular weight is 459 g/mol. The fraction of sp³-hybridized carbons (Fsp3) is 0.318. The standard InChI is InChI=1S/C22H26N4O3S2/c1-5-16(6-2)21-24-25-22(30-21)23-20(27)19-13-18(12-9-15(19)4)31(28,29)26-17-10-7-14(3)8-11-17/h7-13,16,26H,5-6H2,1-4H3,(H,23,25,27). The number of aryl methyl sites for hydroxylation is 2. The quantitative estimate of drug-likeness (QED) is 0.488. The SMILES string of the molecule is CCC(CC)c1nnc(NC(=O)c2cc(S(=O)(=O)Nc3ccc(C)cc3)ccc2C)s1. The van der Waals surface area contributed by atoms with Gasteiger partial charge in [-0.3, -0.25) is 14.8 Å². The van der Waals surface area contributed by atoms with Crippen LogP contribution in [0.15, 0.2) is 47.4 Å². The largest absolute Gasteiger partial charge is 0.296 e. The van der Waals surface area contributed by atoms with Crippen LogP contribution in [-0.4, -0.2) is 24.5 Å². The number of amides is 1. The number of nitrogens with zero attached hydrogens (tertiary/aromatic N) is 2. The summed E-state index contributed by atoms with van der Waals surface area (Å²) in [7, 11) is -3.84. The molecule has 0 atom stereocenters. The van der Waals surface area contributed by atoms with E-state index in [1.54, 1.807) is 25.1 Å². The first-order chi connectivity index (χ1) is 14.7. The van der Waals surface area contributed by atoms with Crippen LogP contribution < -0.4 is 10.0 Å². The first kappa shape index (κ1) is 22.9. The van der Waals surface area contributed by atoms with Crippen LogP contribution in [0.25, 0.3) is 0 Å². The molecule has 3 aromatic rings. The summed E-state index contributed by atoms with van der Waals surface area (Å²) < 4.78 is 28.2. The topological polar surface area (TPSA) is 101 Å². The first-order valence-electron chi connectivity index (χ1n) is 10.1. The van der Waals surface area contributed by atoms with Crippen LogP contribution in [0.2, 0.25) is 0 Å². The number of sulfonamides is 1. The Bertz CT molecular complexity index is 1170. The number of carbonyl (C=O) groups is 1. The molecule has 0 spiro atoms. The molecule has 0 bridgehead atoms. The molecule has 0 unspecified atom stereocenters. The van der Waals surface area contributed by atoms with Crippen LogP contribution in [0.3, 0.4) is 0 Å². The van der Waals surface area contributed by atoms with Crippen LogP contribution in [0.4, 0.5) is 10.8 Å². The Hall–Kier alpha value is -2.78. The van der Waals surface area contributed by atoms with Crippen LogP contribution in [0.5, 0.6) is 0 Å². The van der Waals surface area contributed by atoms with Gasteiger partial charge in [0.1, 0.15) is 5.01 Å². The van der Waals surface area contributed by atoms with Gasteiger partial charge in [-0.05, 0) is 56.5 Å². The molecule has 0 radical (unpaired) electrons. The summed E-state index contributed by atoms with van der Waals surface area (Å²) in [6.07, 6.45) is 1.90. The number of benzene rings is 2. The van der Waals surface area contributed by atoms with E-state index in [9.17, 15) is 13.2 Å². The molecule has 1 heterocycles. The van der Waals surface area contributed by atoms with Crippen molar-refractivity contribution in [3.8, 4) is 0 Å². The smallest absolute Gasteiger partial charge is 0.261 e. The maximum Gasteiger partial charge on any atom is 0.261 e. The van der Waals surface area contributed by atoms with Crippen molar-refractivity contribution in [2.45, 2.75) is 51.3 Å². The van der Waals surface area contributed by atoms with Crippen molar-refractivity contribution in [1.82, 2.24) is 10.2 Å². The molecule has 31 heavy (non-hydrogen) atoms. The van der Waals surface area contributed by atoms with E-state index in [1.165, 1.54) is 23.5 Å². The first-order valence-corrected chi connectivity index (χ1v) is 12.4. The van der Waals surface area contributed by atoms with Crippen molar-refractivity contribution in [2.24, 2.45) is 0 Å². The second-order valence-corrected chi connectivity index (χ2v) is 10.1. The highest BCUT2D eigenvalue weighted by molar-refractivity contribution is 7.92. The van der Waals surface area contributed by atoms with Crippen molar-refractivity contribution in [2.75, 3.05) is 10.0 Å². The molecule has 1 aromatic heterocycles. The van der Waals surface area contributed by atoms with Gasteiger partial charge >= 0.3 is 0 Å². The van der Waals surface area contributed by atoms with Crippen molar-refractivity contribution in [1.29, 1.82) is 0 Å². The third kappa shape index (κ3) is 5.48. The van der Waals surface area contributed by atoms with Gasteiger partial charge in [0.05, 0.1) is 4.90 Å². The van der Waals surface area contributed by atoms with Gasteiger partial charge in [-0.25, -0.2) is 8.42 Å². The maximum atomic E-state index is 12.8.